The fraction of sp³-hybridized carbons (Fsp3) is 0.500. The number of likely N-dealkylation sites (tertiary alicyclic amines) is 1. The molecular weight excluding hydrogens is 382 g/mol. The molecule has 1 saturated heterocycles. The van der Waals surface area contributed by atoms with Crippen molar-refractivity contribution in [2.24, 2.45) is 5.73 Å². The summed E-state index contributed by atoms with van der Waals surface area (Å²) in [7, 11) is -2.53. The molecule has 2 aliphatic heterocycles. The van der Waals surface area contributed by atoms with Gasteiger partial charge in [0.2, 0.25) is 0 Å². The summed E-state index contributed by atoms with van der Waals surface area (Å²) in [5.41, 5.74) is 6.04. The number of fused-ring (bicyclic) bond motifs is 1. The lowest BCUT2D eigenvalue weighted by Crippen LogP contribution is -2.39. The number of hydrogen-bond donors (Lipinski definition) is 1. The molecule has 26 heavy (non-hydrogen) atoms. The highest BCUT2D eigenvalue weighted by Crippen LogP contribution is 2.31. The van der Waals surface area contributed by atoms with Gasteiger partial charge in [0.25, 0.3) is 21.8 Å². The Balaban J connectivity index is 0.00000243. The minimum atomic E-state index is -3.96. The summed E-state index contributed by atoms with van der Waals surface area (Å²) in [6.07, 6.45) is 1.72. The minimum Gasteiger partial charge on any atom is -0.383 e. The number of nitrogens with two attached hydrogens (primary N) is 1. The highest BCUT2D eigenvalue weighted by Gasteiger charge is 2.41. The van der Waals surface area contributed by atoms with Crippen molar-refractivity contribution in [2.45, 2.75) is 23.8 Å². The SMILES string of the molecule is COCCN1C(=O)c2ccc(C(=O)N3CCCC3CN)cc2S1(=O)=O.Cl. The molecule has 144 valence electrons. The number of hydrogen-bond acceptors (Lipinski definition) is 6. The molecule has 10 heteroatoms. The quantitative estimate of drug-likeness (QED) is 0.764. The van der Waals surface area contributed by atoms with Crippen molar-refractivity contribution in [3.63, 3.8) is 0 Å². The third-order valence-corrected chi connectivity index (χ3v) is 6.48. The van der Waals surface area contributed by atoms with Gasteiger partial charge in [-0.2, -0.15) is 0 Å². The van der Waals surface area contributed by atoms with Gasteiger partial charge in [-0.15, -0.1) is 12.4 Å². The summed E-state index contributed by atoms with van der Waals surface area (Å²) in [5.74, 6) is -0.846. The molecule has 0 radical (unpaired) electrons. The lowest BCUT2D eigenvalue weighted by Gasteiger charge is -2.23. The molecule has 1 aromatic carbocycles. The largest absolute Gasteiger partial charge is 0.383 e. The summed E-state index contributed by atoms with van der Waals surface area (Å²) in [6, 6.07) is 4.17. The number of benzene rings is 1. The van der Waals surface area contributed by atoms with E-state index in [9.17, 15) is 18.0 Å². The Morgan fingerprint density at radius 2 is 2.12 bits per heavy atom. The Morgan fingerprint density at radius 1 is 1.38 bits per heavy atom. The fourth-order valence-corrected chi connectivity index (χ4v) is 4.90. The Labute approximate surface area is 158 Å². The van der Waals surface area contributed by atoms with Crippen molar-refractivity contribution in [3.8, 4) is 0 Å². The maximum Gasteiger partial charge on any atom is 0.269 e. The first-order valence-corrected chi connectivity index (χ1v) is 9.57. The molecule has 2 amide bonds. The second kappa shape index (κ2) is 7.91. The Morgan fingerprint density at radius 3 is 2.77 bits per heavy atom. The molecule has 0 saturated carbocycles. The Bertz CT molecular complexity index is 814. The van der Waals surface area contributed by atoms with Crippen LogP contribution in [0, 0.1) is 0 Å². The number of sulfonamides is 1. The smallest absolute Gasteiger partial charge is 0.269 e. The van der Waals surface area contributed by atoms with Gasteiger partial charge in [0.1, 0.15) is 4.90 Å². The zero-order valence-electron chi connectivity index (χ0n) is 14.4. The predicted molar refractivity (Wildman–Crippen MR) is 96.9 cm³/mol. The lowest BCUT2D eigenvalue weighted by atomic mass is 10.1. The second-order valence-corrected chi connectivity index (χ2v) is 7.95. The van der Waals surface area contributed by atoms with Crippen LogP contribution in [0.4, 0.5) is 0 Å². The van der Waals surface area contributed by atoms with Gasteiger partial charge in [-0.25, -0.2) is 12.7 Å². The number of carbonyl (C=O) groups excluding carboxylic acids is 2. The average molecular weight is 404 g/mol. The number of nitrogens with zero attached hydrogens (tertiary/aromatic N) is 2. The van der Waals surface area contributed by atoms with E-state index in [0.29, 0.717) is 13.1 Å². The van der Waals surface area contributed by atoms with E-state index in [-0.39, 0.29) is 53.5 Å². The number of ether oxygens (including phenoxy) is 1. The highest BCUT2D eigenvalue weighted by molar-refractivity contribution is 7.90. The van der Waals surface area contributed by atoms with E-state index >= 15 is 0 Å². The molecule has 0 bridgehead atoms. The molecule has 3 rings (SSSR count). The third-order valence-electron chi connectivity index (χ3n) is 4.66. The molecule has 0 spiro atoms. The van der Waals surface area contributed by atoms with Crippen LogP contribution in [0.2, 0.25) is 0 Å². The van der Waals surface area contributed by atoms with E-state index in [4.69, 9.17) is 10.5 Å². The minimum absolute atomic E-state index is 0. The van der Waals surface area contributed by atoms with E-state index in [1.807, 2.05) is 0 Å². The van der Waals surface area contributed by atoms with Gasteiger partial charge in [-0.3, -0.25) is 9.59 Å². The van der Waals surface area contributed by atoms with E-state index in [1.165, 1.54) is 25.3 Å². The summed E-state index contributed by atoms with van der Waals surface area (Å²) in [5, 5.41) is 0. The van der Waals surface area contributed by atoms with Gasteiger partial charge in [-0.05, 0) is 31.0 Å². The second-order valence-electron chi connectivity index (χ2n) is 6.12. The molecule has 1 unspecified atom stereocenters. The average Bonchev–Trinajstić information content (AvgIpc) is 3.15. The van der Waals surface area contributed by atoms with Gasteiger partial charge in [0.05, 0.1) is 18.7 Å². The van der Waals surface area contributed by atoms with Crippen molar-refractivity contribution in [1.82, 2.24) is 9.21 Å². The van der Waals surface area contributed by atoms with Crippen molar-refractivity contribution < 1.29 is 22.7 Å². The monoisotopic (exact) mass is 403 g/mol. The third kappa shape index (κ3) is 3.32. The van der Waals surface area contributed by atoms with Crippen LogP contribution in [0.3, 0.4) is 0 Å². The van der Waals surface area contributed by atoms with E-state index in [0.717, 1.165) is 17.1 Å². The Kier molecular flexibility index (Phi) is 6.28. The summed E-state index contributed by atoms with van der Waals surface area (Å²) in [6.45, 7) is 1.02. The van der Waals surface area contributed by atoms with E-state index in [1.54, 1.807) is 4.90 Å². The number of methoxy groups -OCH3 is 1. The fourth-order valence-electron chi connectivity index (χ4n) is 3.32. The van der Waals surface area contributed by atoms with E-state index < -0.39 is 15.9 Å². The van der Waals surface area contributed by atoms with Crippen LogP contribution in [-0.4, -0.2) is 68.8 Å². The lowest BCUT2D eigenvalue weighted by molar-refractivity contribution is 0.0739. The van der Waals surface area contributed by atoms with Gasteiger partial charge < -0.3 is 15.4 Å². The zero-order chi connectivity index (χ0) is 18.2. The van der Waals surface area contributed by atoms with Crippen molar-refractivity contribution >= 4 is 34.2 Å². The van der Waals surface area contributed by atoms with Crippen LogP contribution in [0.15, 0.2) is 23.1 Å². The van der Waals surface area contributed by atoms with Crippen LogP contribution in [0.1, 0.15) is 33.6 Å². The first kappa shape index (κ1) is 20.6. The summed E-state index contributed by atoms with van der Waals surface area (Å²) >= 11 is 0. The van der Waals surface area contributed by atoms with Crippen LogP contribution in [0.25, 0.3) is 0 Å². The number of halogens is 1. The molecule has 8 nitrogen and oxygen atoms in total. The molecule has 1 fully saturated rings. The highest BCUT2D eigenvalue weighted by atomic mass is 35.5. The van der Waals surface area contributed by atoms with Gasteiger partial charge in [0, 0.05) is 31.8 Å². The topological polar surface area (TPSA) is 110 Å². The van der Waals surface area contributed by atoms with Gasteiger partial charge >= 0.3 is 0 Å². The summed E-state index contributed by atoms with van der Waals surface area (Å²) in [4.78, 5) is 26.6. The molecule has 1 aromatic rings. The first-order chi connectivity index (χ1) is 11.9. The van der Waals surface area contributed by atoms with Crippen molar-refractivity contribution in [1.29, 1.82) is 0 Å². The van der Waals surface area contributed by atoms with Crippen LogP contribution >= 0.6 is 12.4 Å². The Hall–Kier alpha value is -1.68. The summed E-state index contributed by atoms with van der Waals surface area (Å²) < 4.78 is 30.9. The molecule has 2 N–H and O–H groups in total. The molecule has 0 aliphatic carbocycles. The van der Waals surface area contributed by atoms with Gasteiger partial charge in [-0.1, -0.05) is 0 Å². The normalized spacial score (nSPS) is 20.8. The van der Waals surface area contributed by atoms with Crippen LogP contribution < -0.4 is 5.73 Å². The first-order valence-electron chi connectivity index (χ1n) is 8.13. The van der Waals surface area contributed by atoms with Crippen LogP contribution in [0.5, 0.6) is 0 Å². The van der Waals surface area contributed by atoms with Crippen LogP contribution in [-0.2, 0) is 14.8 Å². The number of carbonyl (C=O) groups is 2. The number of amides is 2. The standard InChI is InChI=1S/C16H21N3O5S.ClH/c1-24-8-7-19-16(21)13-5-4-11(9-14(13)25(19,22)23)15(20)18-6-2-3-12(18)10-17;/h4-5,9,12H,2-3,6-8,10,17H2,1H3;1H. The zero-order valence-corrected chi connectivity index (χ0v) is 16.0. The van der Waals surface area contributed by atoms with Gasteiger partial charge in [0.15, 0.2) is 0 Å². The maximum atomic E-state index is 12.7. The predicted octanol–water partition coefficient (Wildman–Crippen LogP) is 0.463. The van der Waals surface area contributed by atoms with Crippen molar-refractivity contribution in [2.75, 3.05) is 33.4 Å². The molecule has 2 heterocycles. The maximum absolute atomic E-state index is 12.7. The molecule has 2 aliphatic rings. The molecule has 1 atom stereocenters. The molecule has 0 aromatic heterocycles. The number of rotatable bonds is 5. The van der Waals surface area contributed by atoms with Crippen molar-refractivity contribution in [3.05, 3.63) is 29.3 Å². The van der Waals surface area contributed by atoms with E-state index in [2.05, 4.69) is 0 Å². The molecular formula is C16H22ClN3O5S.